The number of nitrogens with zero attached hydrogens (tertiary/aromatic N) is 2. The molecule has 2 rings (SSSR count). The molecule has 4 nitrogen and oxygen atoms in total. The van der Waals surface area contributed by atoms with Gasteiger partial charge in [-0.25, -0.2) is 0 Å². The summed E-state index contributed by atoms with van der Waals surface area (Å²) in [5, 5.41) is 2.25. The van der Waals surface area contributed by atoms with Crippen LogP contribution in [0.4, 0.5) is 0 Å². The van der Waals surface area contributed by atoms with Gasteiger partial charge in [0.05, 0.1) is 13.0 Å². The molecule has 0 N–H and O–H groups in total. The number of hydrogen-bond acceptors (Lipinski definition) is 5. The molecule has 1 atom stereocenters. The lowest BCUT2D eigenvalue weighted by molar-refractivity contribution is -0.145. The molecule has 2 heterocycles. The molecule has 0 unspecified atom stereocenters. The predicted octanol–water partition coefficient (Wildman–Crippen LogP) is 3.12. The van der Waals surface area contributed by atoms with Gasteiger partial charge in [0, 0.05) is 24.0 Å². The van der Waals surface area contributed by atoms with E-state index in [0.717, 1.165) is 26.1 Å². The third kappa shape index (κ3) is 5.38. The van der Waals surface area contributed by atoms with Gasteiger partial charge in [0.15, 0.2) is 0 Å². The summed E-state index contributed by atoms with van der Waals surface area (Å²) in [6, 6.07) is 2.65. The molecule has 0 radical (unpaired) electrons. The van der Waals surface area contributed by atoms with Crippen molar-refractivity contribution in [3.8, 4) is 0 Å². The van der Waals surface area contributed by atoms with Gasteiger partial charge in [-0.05, 0) is 57.4 Å². The van der Waals surface area contributed by atoms with E-state index in [1.165, 1.54) is 23.3 Å². The van der Waals surface area contributed by atoms with E-state index in [4.69, 9.17) is 4.74 Å². The van der Waals surface area contributed by atoms with E-state index >= 15 is 0 Å². The van der Waals surface area contributed by atoms with Crippen molar-refractivity contribution in [2.24, 2.45) is 0 Å². The van der Waals surface area contributed by atoms with Gasteiger partial charge in [0.25, 0.3) is 0 Å². The van der Waals surface area contributed by atoms with Crippen LogP contribution in [0.15, 0.2) is 11.4 Å². The van der Waals surface area contributed by atoms with Crippen LogP contribution in [0.2, 0.25) is 0 Å². The van der Waals surface area contributed by atoms with Crippen molar-refractivity contribution in [1.82, 2.24) is 9.80 Å². The van der Waals surface area contributed by atoms with Crippen molar-refractivity contribution in [1.29, 1.82) is 0 Å². The minimum atomic E-state index is -0.0566. The Morgan fingerprint density at radius 3 is 3.00 bits per heavy atom. The second-order valence-electron chi connectivity index (χ2n) is 6.29. The fraction of sp³-hybridized carbons (Fsp3) is 0.706. The first-order chi connectivity index (χ1) is 10.6. The number of hydrogen-bond donors (Lipinski definition) is 0. The normalized spacial score (nSPS) is 19.5. The molecule has 0 amide bonds. The van der Waals surface area contributed by atoms with Gasteiger partial charge in [-0.1, -0.05) is 6.42 Å². The predicted molar refractivity (Wildman–Crippen MR) is 91.0 cm³/mol. The second kappa shape index (κ2) is 8.65. The minimum Gasteiger partial charge on any atom is -0.466 e. The molecule has 1 aromatic rings. The molecule has 1 fully saturated rings. The van der Waals surface area contributed by atoms with E-state index in [1.807, 2.05) is 18.3 Å². The summed E-state index contributed by atoms with van der Waals surface area (Å²) >= 11 is 1.83. The molecule has 124 valence electrons. The van der Waals surface area contributed by atoms with Gasteiger partial charge in [-0.3, -0.25) is 9.69 Å². The Morgan fingerprint density at radius 2 is 2.27 bits per heavy atom. The first-order valence-electron chi connectivity index (χ1n) is 8.19. The lowest BCUT2D eigenvalue weighted by Gasteiger charge is -2.34. The SMILES string of the molecule is CCOC(=O)C[C@@H]1CCCCN1Cc1cc(CN(C)C)cs1. The summed E-state index contributed by atoms with van der Waals surface area (Å²) in [7, 11) is 4.19. The Bertz CT molecular complexity index is 473. The molecule has 1 aliphatic heterocycles. The molecular formula is C17H28N2O2S. The Morgan fingerprint density at radius 1 is 1.45 bits per heavy atom. The molecule has 22 heavy (non-hydrogen) atoms. The van der Waals surface area contributed by atoms with Gasteiger partial charge < -0.3 is 9.64 Å². The van der Waals surface area contributed by atoms with Crippen molar-refractivity contribution in [3.05, 3.63) is 21.9 Å². The van der Waals surface area contributed by atoms with E-state index < -0.39 is 0 Å². The standard InChI is InChI=1S/C17H28N2O2S/c1-4-21-17(20)10-15-7-5-6-8-19(15)12-16-9-14(13-22-16)11-18(2)3/h9,13,15H,4-8,10-12H2,1-3H3/t15-/m0/s1. The summed E-state index contributed by atoms with van der Waals surface area (Å²) in [4.78, 5) is 17.8. The van der Waals surface area contributed by atoms with Gasteiger partial charge in [0.2, 0.25) is 0 Å². The highest BCUT2D eigenvalue weighted by Crippen LogP contribution is 2.25. The average Bonchev–Trinajstić information content (AvgIpc) is 2.87. The van der Waals surface area contributed by atoms with Crippen molar-refractivity contribution < 1.29 is 9.53 Å². The number of piperidine rings is 1. The molecule has 0 spiro atoms. The van der Waals surface area contributed by atoms with E-state index in [1.54, 1.807) is 0 Å². The second-order valence-corrected chi connectivity index (χ2v) is 7.28. The fourth-order valence-electron chi connectivity index (χ4n) is 3.07. The number of rotatable bonds is 7. The van der Waals surface area contributed by atoms with Gasteiger partial charge in [-0.2, -0.15) is 0 Å². The number of likely N-dealkylation sites (tertiary alicyclic amines) is 1. The van der Waals surface area contributed by atoms with Crippen LogP contribution in [-0.2, 0) is 22.6 Å². The van der Waals surface area contributed by atoms with Crippen LogP contribution >= 0.6 is 11.3 Å². The quantitative estimate of drug-likeness (QED) is 0.722. The fourth-order valence-corrected chi connectivity index (χ4v) is 3.97. The van der Waals surface area contributed by atoms with Crippen LogP contribution in [0.5, 0.6) is 0 Å². The smallest absolute Gasteiger partial charge is 0.307 e. The number of carbonyl (C=O) groups is 1. The van der Waals surface area contributed by atoms with Gasteiger partial charge in [0.1, 0.15) is 0 Å². The molecule has 0 saturated carbocycles. The first kappa shape index (κ1) is 17.4. The Hall–Kier alpha value is -0.910. The highest BCUT2D eigenvalue weighted by atomic mass is 32.1. The van der Waals surface area contributed by atoms with E-state index in [0.29, 0.717) is 19.1 Å². The summed E-state index contributed by atoms with van der Waals surface area (Å²) in [5.74, 6) is -0.0566. The Kier molecular flexibility index (Phi) is 6.86. The number of carbonyl (C=O) groups excluding carboxylic acids is 1. The zero-order chi connectivity index (χ0) is 15.9. The zero-order valence-corrected chi connectivity index (χ0v) is 14.8. The molecule has 1 aliphatic rings. The van der Waals surface area contributed by atoms with Gasteiger partial charge >= 0.3 is 5.97 Å². The molecular weight excluding hydrogens is 296 g/mol. The van der Waals surface area contributed by atoms with Crippen LogP contribution in [-0.4, -0.2) is 49.1 Å². The summed E-state index contributed by atoms with van der Waals surface area (Å²) in [6.45, 7) is 5.38. The minimum absolute atomic E-state index is 0.0566. The Labute approximate surface area is 138 Å². The molecule has 5 heteroatoms. The third-order valence-corrected chi connectivity index (χ3v) is 4.99. The first-order valence-corrected chi connectivity index (χ1v) is 9.07. The maximum Gasteiger partial charge on any atom is 0.307 e. The molecule has 0 bridgehead atoms. The lowest BCUT2D eigenvalue weighted by Crippen LogP contribution is -2.40. The maximum absolute atomic E-state index is 11.8. The van der Waals surface area contributed by atoms with Crippen molar-refractivity contribution in [3.63, 3.8) is 0 Å². The Balaban J connectivity index is 1.93. The van der Waals surface area contributed by atoms with Crippen molar-refractivity contribution in [2.45, 2.75) is 51.7 Å². The summed E-state index contributed by atoms with van der Waals surface area (Å²) in [6.07, 6.45) is 4.09. The van der Waals surface area contributed by atoms with E-state index in [9.17, 15) is 4.79 Å². The van der Waals surface area contributed by atoms with E-state index in [2.05, 4.69) is 35.3 Å². The van der Waals surface area contributed by atoms with Gasteiger partial charge in [-0.15, -0.1) is 11.3 Å². The summed E-state index contributed by atoms with van der Waals surface area (Å²) in [5.41, 5.74) is 1.38. The zero-order valence-electron chi connectivity index (χ0n) is 14.0. The van der Waals surface area contributed by atoms with Crippen LogP contribution < -0.4 is 0 Å². The average molecular weight is 324 g/mol. The highest BCUT2D eigenvalue weighted by Gasteiger charge is 2.25. The van der Waals surface area contributed by atoms with Crippen LogP contribution in [0.25, 0.3) is 0 Å². The van der Waals surface area contributed by atoms with Crippen LogP contribution in [0.1, 0.15) is 43.0 Å². The number of ether oxygens (including phenoxy) is 1. The lowest BCUT2D eigenvalue weighted by atomic mass is 9.99. The number of esters is 1. The largest absolute Gasteiger partial charge is 0.466 e. The monoisotopic (exact) mass is 324 g/mol. The van der Waals surface area contributed by atoms with Crippen molar-refractivity contribution in [2.75, 3.05) is 27.2 Å². The highest BCUT2D eigenvalue weighted by molar-refractivity contribution is 7.10. The molecule has 0 aromatic carbocycles. The maximum atomic E-state index is 11.8. The molecule has 1 aromatic heterocycles. The van der Waals surface area contributed by atoms with Crippen LogP contribution in [0, 0.1) is 0 Å². The molecule has 0 aliphatic carbocycles. The topological polar surface area (TPSA) is 32.8 Å². The molecule has 1 saturated heterocycles. The number of thiophene rings is 1. The van der Waals surface area contributed by atoms with E-state index in [-0.39, 0.29) is 5.97 Å². The van der Waals surface area contributed by atoms with Crippen LogP contribution in [0.3, 0.4) is 0 Å². The van der Waals surface area contributed by atoms with Crippen molar-refractivity contribution >= 4 is 17.3 Å². The third-order valence-electron chi connectivity index (χ3n) is 4.02. The summed E-state index contributed by atoms with van der Waals surface area (Å²) < 4.78 is 5.12.